The first kappa shape index (κ1) is 14.3. The van der Waals surface area contributed by atoms with Crippen LogP contribution in [0.1, 0.15) is 23.2 Å². The molecule has 1 N–H and O–H groups in total. The zero-order valence-electron chi connectivity index (χ0n) is 10.9. The van der Waals surface area contributed by atoms with E-state index in [4.69, 9.17) is 9.84 Å². The molecule has 1 aromatic rings. The molecule has 0 atom stereocenters. The van der Waals surface area contributed by atoms with Crippen LogP contribution in [0.25, 0.3) is 0 Å². The molecular weight excluding hydrogens is 264 g/mol. The Labute approximate surface area is 115 Å². The van der Waals surface area contributed by atoms with Crippen LogP contribution in [0.2, 0.25) is 0 Å². The van der Waals surface area contributed by atoms with E-state index in [1.54, 1.807) is 0 Å². The molecule has 0 unspecified atom stereocenters. The first-order valence-corrected chi connectivity index (χ1v) is 6.45. The Kier molecular flexibility index (Phi) is 4.52. The maximum Gasteiger partial charge on any atom is 0.339 e. The number of nitro benzene ring substituents is 1. The van der Waals surface area contributed by atoms with Gasteiger partial charge in [-0.2, -0.15) is 0 Å². The van der Waals surface area contributed by atoms with Crippen molar-refractivity contribution in [3.8, 4) is 5.75 Å². The molecule has 1 aliphatic rings. The monoisotopic (exact) mass is 280 g/mol. The lowest BCUT2D eigenvalue weighted by atomic mass is 10.2. The third-order valence-corrected chi connectivity index (χ3v) is 3.27. The number of carbonyl (C=O) groups is 1. The van der Waals surface area contributed by atoms with E-state index in [9.17, 15) is 14.9 Å². The fraction of sp³-hybridized carbons (Fsp3) is 0.462. The van der Waals surface area contributed by atoms with Gasteiger partial charge in [0.2, 0.25) is 5.75 Å². The number of nitro groups is 1. The number of carboxylic acids is 1. The smallest absolute Gasteiger partial charge is 0.339 e. The van der Waals surface area contributed by atoms with Crippen LogP contribution in [0.15, 0.2) is 18.2 Å². The first-order chi connectivity index (χ1) is 9.59. The highest BCUT2D eigenvalue weighted by molar-refractivity contribution is 5.92. The maximum atomic E-state index is 11.1. The molecule has 20 heavy (non-hydrogen) atoms. The molecule has 0 saturated carbocycles. The van der Waals surface area contributed by atoms with E-state index in [1.165, 1.54) is 18.2 Å². The lowest BCUT2D eigenvalue weighted by molar-refractivity contribution is -0.385. The Bertz CT molecular complexity index is 479. The van der Waals surface area contributed by atoms with Gasteiger partial charge >= 0.3 is 11.7 Å². The molecule has 1 fully saturated rings. The van der Waals surface area contributed by atoms with Gasteiger partial charge < -0.3 is 9.84 Å². The molecular formula is C13H16N2O5. The molecule has 0 aromatic heterocycles. The molecule has 2 rings (SSSR count). The van der Waals surface area contributed by atoms with E-state index >= 15 is 0 Å². The second-order valence-corrected chi connectivity index (χ2v) is 4.61. The summed E-state index contributed by atoms with van der Waals surface area (Å²) in [5.74, 6) is -1.39. The topological polar surface area (TPSA) is 92.9 Å². The van der Waals surface area contributed by atoms with E-state index in [2.05, 4.69) is 4.90 Å². The maximum absolute atomic E-state index is 11.1. The van der Waals surface area contributed by atoms with Crippen LogP contribution >= 0.6 is 0 Å². The third kappa shape index (κ3) is 3.24. The van der Waals surface area contributed by atoms with Gasteiger partial charge in [-0.25, -0.2) is 4.79 Å². The summed E-state index contributed by atoms with van der Waals surface area (Å²) in [4.78, 5) is 23.6. The minimum atomic E-state index is -1.23. The molecule has 1 aliphatic heterocycles. The summed E-state index contributed by atoms with van der Waals surface area (Å²) in [6.07, 6.45) is 2.29. The minimum Gasteiger partial charge on any atom is -0.485 e. The number of ether oxygens (including phenoxy) is 1. The number of nitrogens with zero attached hydrogens (tertiary/aromatic N) is 2. The summed E-state index contributed by atoms with van der Waals surface area (Å²) < 4.78 is 5.39. The fourth-order valence-electron chi connectivity index (χ4n) is 2.27. The second kappa shape index (κ2) is 6.33. The van der Waals surface area contributed by atoms with Crippen LogP contribution in [-0.4, -0.2) is 47.1 Å². The predicted molar refractivity (Wildman–Crippen MR) is 71.2 cm³/mol. The average molecular weight is 280 g/mol. The average Bonchev–Trinajstić information content (AvgIpc) is 2.91. The molecule has 0 radical (unpaired) electrons. The normalized spacial score (nSPS) is 15.2. The van der Waals surface area contributed by atoms with Crippen molar-refractivity contribution in [2.75, 3.05) is 26.2 Å². The van der Waals surface area contributed by atoms with Gasteiger partial charge in [-0.3, -0.25) is 15.0 Å². The quantitative estimate of drug-likeness (QED) is 0.630. The van der Waals surface area contributed by atoms with Crippen molar-refractivity contribution in [2.24, 2.45) is 0 Å². The van der Waals surface area contributed by atoms with Crippen LogP contribution in [-0.2, 0) is 0 Å². The Morgan fingerprint density at radius 1 is 1.40 bits per heavy atom. The van der Waals surface area contributed by atoms with E-state index in [0.29, 0.717) is 6.54 Å². The zero-order chi connectivity index (χ0) is 14.5. The van der Waals surface area contributed by atoms with Crippen molar-refractivity contribution >= 4 is 11.7 Å². The number of rotatable bonds is 6. The van der Waals surface area contributed by atoms with Crippen molar-refractivity contribution in [3.63, 3.8) is 0 Å². The second-order valence-electron chi connectivity index (χ2n) is 4.61. The third-order valence-electron chi connectivity index (χ3n) is 3.27. The standard InChI is InChI=1S/C13H16N2O5/c16-13(17)10-4-3-5-11(15(18)19)12(10)20-9-8-14-6-1-2-7-14/h3-5H,1-2,6-9H2,(H,16,17). The van der Waals surface area contributed by atoms with Crippen molar-refractivity contribution in [2.45, 2.75) is 12.8 Å². The summed E-state index contributed by atoms with van der Waals surface area (Å²) in [5.41, 5.74) is -0.494. The van der Waals surface area contributed by atoms with Crippen LogP contribution in [0, 0.1) is 10.1 Å². The first-order valence-electron chi connectivity index (χ1n) is 6.45. The van der Waals surface area contributed by atoms with E-state index in [1.807, 2.05) is 0 Å². The van der Waals surface area contributed by atoms with Crippen molar-refractivity contribution < 1.29 is 19.6 Å². The van der Waals surface area contributed by atoms with Crippen molar-refractivity contribution in [3.05, 3.63) is 33.9 Å². The van der Waals surface area contributed by atoms with E-state index < -0.39 is 10.9 Å². The summed E-state index contributed by atoms with van der Waals surface area (Å²) in [6.45, 7) is 2.87. The predicted octanol–water partition coefficient (Wildman–Crippen LogP) is 1.77. The van der Waals surface area contributed by atoms with Crippen molar-refractivity contribution in [1.29, 1.82) is 0 Å². The molecule has 0 spiro atoms. The van der Waals surface area contributed by atoms with Crippen LogP contribution in [0.5, 0.6) is 5.75 Å². The SMILES string of the molecule is O=C(O)c1cccc([N+](=O)[O-])c1OCCN1CCCC1. The lowest BCUT2D eigenvalue weighted by Crippen LogP contribution is -2.25. The molecule has 7 nitrogen and oxygen atoms in total. The number of para-hydroxylation sites is 1. The highest BCUT2D eigenvalue weighted by Gasteiger charge is 2.23. The van der Waals surface area contributed by atoms with Gasteiger partial charge in [0.25, 0.3) is 0 Å². The van der Waals surface area contributed by atoms with Gasteiger partial charge in [0.05, 0.1) is 4.92 Å². The molecule has 1 heterocycles. The number of hydrogen-bond donors (Lipinski definition) is 1. The molecule has 0 bridgehead atoms. The largest absolute Gasteiger partial charge is 0.485 e. The summed E-state index contributed by atoms with van der Waals surface area (Å²) in [7, 11) is 0. The van der Waals surface area contributed by atoms with Crippen LogP contribution in [0.3, 0.4) is 0 Å². The molecule has 7 heteroatoms. The van der Waals surface area contributed by atoms with Crippen LogP contribution in [0.4, 0.5) is 5.69 Å². The summed E-state index contributed by atoms with van der Waals surface area (Å²) in [5, 5.41) is 20.0. The number of likely N-dealkylation sites (tertiary alicyclic amines) is 1. The Balaban J connectivity index is 2.10. The number of aromatic carboxylic acids is 1. The fourth-order valence-corrected chi connectivity index (χ4v) is 2.27. The minimum absolute atomic E-state index is 0.163. The van der Waals surface area contributed by atoms with Gasteiger partial charge in [0.15, 0.2) is 0 Å². The van der Waals surface area contributed by atoms with Gasteiger partial charge in [0, 0.05) is 12.6 Å². The van der Waals surface area contributed by atoms with Gasteiger partial charge in [-0.1, -0.05) is 6.07 Å². The lowest BCUT2D eigenvalue weighted by Gasteiger charge is -2.15. The van der Waals surface area contributed by atoms with Crippen LogP contribution < -0.4 is 4.74 Å². The Morgan fingerprint density at radius 3 is 2.70 bits per heavy atom. The molecule has 1 saturated heterocycles. The number of carboxylic acid groups (broad SMARTS) is 1. The summed E-state index contributed by atoms with van der Waals surface area (Å²) in [6, 6.07) is 3.90. The highest BCUT2D eigenvalue weighted by Crippen LogP contribution is 2.30. The Morgan fingerprint density at radius 2 is 2.10 bits per heavy atom. The summed E-state index contributed by atoms with van der Waals surface area (Å²) >= 11 is 0. The molecule has 1 aromatic carbocycles. The van der Waals surface area contributed by atoms with Crippen molar-refractivity contribution in [1.82, 2.24) is 4.90 Å². The molecule has 0 amide bonds. The van der Waals surface area contributed by atoms with E-state index in [0.717, 1.165) is 25.9 Å². The molecule has 108 valence electrons. The number of benzene rings is 1. The molecule has 0 aliphatic carbocycles. The zero-order valence-corrected chi connectivity index (χ0v) is 10.9. The Hall–Kier alpha value is -2.15. The van der Waals surface area contributed by atoms with Gasteiger partial charge in [-0.15, -0.1) is 0 Å². The van der Waals surface area contributed by atoms with E-state index in [-0.39, 0.29) is 23.6 Å². The number of hydrogen-bond acceptors (Lipinski definition) is 5. The van der Waals surface area contributed by atoms with Gasteiger partial charge in [0.1, 0.15) is 12.2 Å². The van der Waals surface area contributed by atoms with Gasteiger partial charge in [-0.05, 0) is 32.0 Å². The highest BCUT2D eigenvalue weighted by atomic mass is 16.6.